The van der Waals surface area contributed by atoms with Gasteiger partial charge in [0, 0.05) is 55.8 Å². The number of nitrogen functional groups attached to an aromatic ring is 1. The first kappa shape index (κ1) is 24.5. The molecule has 3 amide bonds. The number of benzene rings is 1. The lowest BCUT2D eigenvalue weighted by Gasteiger charge is -2.33. The average molecular weight is 502 g/mol. The SMILES string of the molecule is C=C(C)C(=O)Nc1ccc(-c2c(N3CC[C@@H](C(=O)N4CCCC4)CC3=O)c3c(N)ncnc3n2C)cc1. The topological polar surface area (TPSA) is 126 Å². The Hall–Kier alpha value is -4.21. The minimum absolute atomic E-state index is 0.0823. The van der Waals surface area contributed by atoms with Crippen molar-refractivity contribution in [3.8, 4) is 11.3 Å². The van der Waals surface area contributed by atoms with Gasteiger partial charge in [-0.25, -0.2) is 9.97 Å². The first-order valence-corrected chi connectivity index (χ1v) is 12.5. The maximum Gasteiger partial charge on any atom is 0.250 e. The summed E-state index contributed by atoms with van der Waals surface area (Å²) < 4.78 is 1.90. The maximum atomic E-state index is 13.5. The lowest BCUT2D eigenvalue weighted by atomic mass is 9.93. The number of piperidine rings is 1. The fraction of sp³-hybridized carbons (Fsp3) is 0.370. The summed E-state index contributed by atoms with van der Waals surface area (Å²) in [4.78, 5) is 50.8. The van der Waals surface area contributed by atoms with Crippen LogP contribution >= 0.6 is 0 Å². The summed E-state index contributed by atoms with van der Waals surface area (Å²) in [5.74, 6) is -0.302. The van der Waals surface area contributed by atoms with Crippen LogP contribution in [0.1, 0.15) is 32.6 Å². The summed E-state index contributed by atoms with van der Waals surface area (Å²) in [6.45, 7) is 7.27. The lowest BCUT2D eigenvalue weighted by Crippen LogP contribution is -2.44. The molecule has 5 rings (SSSR count). The number of nitrogens with zero attached hydrogens (tertiary/aromatic N) is 5. The number of carbonyl (C=O) groups is 3. The highest BCUT2D eigenvalue weighted by Crippen LogP contribution is 2.43. The van der Waals surface area contributed by atoms with Gasteiger partial charge in [0.25, 0.3) is 5.91 Å². The van der Waals surface area contributed by atoms with Crippen LogP contribution in [0.3, 0.4) is 0 Å². The van der Waals surface area contributed by atoms with Crippen LogP contribution in [0.25, 0.3) is 22.3 Å². The van der Waals surface area contributed by atoms with Gasteiger partial charge in [0.2, 0.25) is 11.8 Å². The van der Waals surface area contributed by atoms with Crippen LogP contribution in [0.4, 0.5) is 17.2 Å². The minimum atomic E-state index is -0.301. The first-order chi connectivity index (χ1) is 17.8. The molecule has 0 aliphatic carbocycles. The van der Waals surface area contributed by atoms with Gasteiger partial charge in [-0.3, -0.25) is 14.4 Å². The van der Waals surface area contributed by atoms with E-state index in [4.69, 9.17) is 5.73 Å². The zero-order chi connectivity index (χ0) is 26.3. The predicted octanol–water partition coefficient (Wildman–Crippen LogP) is 3.10. The second-order valence-corrected chi connectivity index (χ2v) is 9.79. The molecule has 10 nitrogen and oxygen atoms in total. The molecule has 37 heavy (non-hydrogen) atoms. The largest absolute Gasteiger partial charge is 0.383 e. The number of carbonyl (C=O) groups excluding carboxylic acids is 3. The molecule has 3 N–H and O–H groups in total. The Bertz CT molecular complexity index is 1400. The van der Waals surface area contributed by atoms with Gasteiger partial charge < -0.3 is 25.4 Å². The summed E-state index contributed by atoms with van der Waals surface area (Å²) in [7, 11) is 1.87. The van der Waals surface area contributed by atoms with Gasteiger partial charge in [-0.15, -0.1) is 0 Å². The highest BCUT2D eigenvalue weighted by atomic mass is 16.2. The number of anilines is 3. The molecular weight excluding hydrogens is 470 g/mol. The van der Waals surface area contributed by atoms with Gasteiger partial charge in [-0.1, -0.05) is 18.7 Å². The third kappa shape index (κ3) is 4.43. The number of rotatable bonds is 5. The summed E-state index contributed by atoms with van der Waals surface area (Å²) in [5.41, 5.74) is 10.2. The van der Waals surface area contributed by atoms with Gasteiger partial charge >= 0.3 is 0 Å². The molecule has 1 aromatic carbocycles. The molecule has 2 saturated heterocycles. The minimum Gasteiger partial charge on any atom is -0.383 e. The molecule has 2 aliphatic rings. The maximum absolute atomic E-state index is 13.5. The molecule has 4 heterocycles. The van der Waals surface area contributed by atoms with E-state index in [-0.39, 0.29) is 35.9 Å². The van der Waals surface area contributed by atoms with Crippen LogP contribution in [0.15, 0.2) is 42.7 Å². The highest BCUT2D eigenvalue weighted by Gasteiger charge is 2.37. The predicted molar refractivity (Wildman–Crippen MR) is 143 cm³/mol. The van der Waals surface area contributed by atoms with Gasteiger partial charge in [0.05, 0.1) is 16.8 Å². The Labute approximate surface area is 215 Å². The quantitative estimate of drug-likeness (QED) is 0.518. The fourth-order valence-corrected chi connectivity index (χ4v) is 5.27. The molecule has 0 bridgehead atoms. The van der Waals surface area contributed by atoms with E-state index in [0.717, 1.165) is 37.2 Å². The second-order valence-electron chi connectivity index (χ2n) is 9.79. The van der Waals surface area contributed by atoms with Crippen molar-refractivity contribution < 1.29 is 14.4 Å². The van der Waals surface area contributed by atoms with Crippen LogP contribution in [0, 0.1) is 5.92 Å². The number of likely N-dealkylation sites (tertiary alicyclic amines) is 1. The molecule has 1 atom stereocenters. The van der Waals surface area contributed by atoms with Crippen molar-refractivity contribution in [3.05, 3.63) is 42.7 Å². The molecular formula is C27H31N7O3. The zero-order valence-corrected chi connectivity index (χ0v) is 21.2. The zero-order valence-electron chi connectivity index (χ0n) is 21.2. The highest BCUT2D eigenvalue weighted by molar-refractivity contribution is 6.13. The van der Waals surface area contributed by atoms with Crippen LogP contribution in [0.5, 0.6) is 0 Å². The number of hydrogen-bond acceptors (Lipinski definition) is 6. The Balaban J connectivity index is 1.51. The Kier molecular flexibility index (Phi) is 6.41. The van der Waals surface area contributed by atoms with Crippen molar-refractivity contribution in [2.24, 2.45) is 13.0 Å². The van der Waals surface area contributed by atoms with E-state index in [9.17, 15) is 14.4 Å². The number of fused-ring (bicyclic) bond motifs is 1. The van der Waals surface area contributed by atoms with E-state index >= 15 is 0 Å². The van der Waals surface area contributed by atoms with Crippen molar-refractivity contribution in [2.75, 3.05) is 35.6 Å². The van der Waals surface area contributed by atoms with Gasteiger partial charge in [-0.05, 0) is 38.3 Å². The van der Waals surface area contributed by atoms with Gasteiger partial charge in [-0.2, -0.15) is 0 Å². The third-order valence-corrected chi connectivity index (χ3v) is 7.23. The molecule has 2 fully saturated rings. The Morgan fingerprint density at radius 2 is 1.81 bits per heavy atom. The number of aryl methyl sites for hydroxylation is 1. The van der Waals surface area contributed by atoms with E-state index in [2.05, 4.69) is 21.9 Å². The summed E-state index contributed by atoms with van der Waals surface area (Å²) >= 11 is 0. The summed E-state index contributed by atoms with van der Waals surface area (Å²) in [6, 6.07) is 7.36. The van der Waals surface area contributed by atoms with Gasteiger partial charge in [0.1, 0.15) is 17.8 Å². The van der Waals surface area contributed by atoms with Crippen LogP contribution in [-0.4, -0.2) is 56.8 Å². The van der Waals surface area contributed by atoms with Crippen LogP contribution in [-0.2, 0) is 21.4 Å². The number of aromatic nitrogens is 3. The average Bonchev–Trinajstić information content (AvgIpc) is 3.52. The van der Waals surface area contributed by atoms with E-state index in [0.29, 0.717) is 40.9 Å². The molecule has 0 spiro atoms. The van der Waals surface area contributed by atoms with Crippen molar-refractivity contribution in [2.45, 2.75) is 32.6 Å². The van der Waals surface area contributed by atoms with Crippen molar-refractivity contribution >= 4 is 45.9 Å². The molecule has 0 saturated carbocycles. The summed E-state index contributed by atoms with van der Waals surface area (Å²) in [5, 5.41) is 3.41. The molecule has 2 aliphatic heterocycles. The van der Waals surface area contributed by atoms with E-state index in [1.165, 1.54) is 6.33 Å². The van der Waals surface area contributed by atoms with Crippen molar-refractivity contribution in [1.82, 2.24) is 19.4 Å². The number of nitrogens with two attached hydrogens (primary N) is 1. The van der Waals surface area contributed by atoms with E-state index < -0.39 is 0 Å². The van der Waals surface area contributed by atoms with E-state index in [1.54, 1.807) is 24.0 Å². The summed E-state index contributed by atoms with van der Waals surface area (Å²) in [6.07, 6.45) is 4.19. The Morgan fingerprint density at radius 1 is 1.11 bits per heavy atom. The van der Waals surface area contributed by atoms with Crippen LogP contribution in [0.2, 0.25) is 0 Å². The first-order valence-electron chi connectivity index (χ1n) is 12.5. The number of hydrogen-bond donors (Lipinski definition) is 2. The lowest BCUT2D eigenvalue weighted by molar-refractivity contribution is -0.138. The fourth-order valence-electron chi connectivity index (χ4n) is 5.27. The molecule has 2 aromatic heterocycles. The van der Waals surface area contributed by atoms with Gasteiger partial charge in [0.15, 0.2) is 0 Å². The second kappa shape index (κ2) is 9.68. The smallest absolute Gasteiger partial charge is 0.250 e. The van der Waals surface area contributed by atoms with E-state index in [1.807, 2.05) is 28.6 Å². The Morgan fingerprint density at radius 3 is 2.46 bits per heavy atom. The molecule has 192 valence electrons. The monoisotopic (exact) mass is 501 g/mol. The molecule has 0 radical (unpaired) electrons. The normalized spacial score (nSPS) is 17.9. The van der Waals surface area contributed by atoms with Crippen molar-refractivity contribution in [3.63, 3.8) is 0 Å². The molecule has 3 aromatic rings. The number of amides is 3. The molecule has 0 unspecified atom stereocenters. The third-order valence-electron chi connectivity index (χ3n) is 7.23. The number of nitrogens with one attached hydrogen (secondary N) is 1. The van der Waals surface area contributed by atoms with Crippen molar-refractivity contribution in [1.29, 1.82) is 0 Å². The molecule has 10 heteroatoms. The standard InChI is InChI=1S/C27H31N7O3/c1-16(2)26(36)31-19-8-6-17(7-9-19)22-23(21-24(28)29-15-30-25(21)32(22)3)34-13-10-18(14-20(34)35)27(37)33-11-4-5-12-33/h6-9,15,18H,1,4-5,10-14H2,2-3H3,(H,31,36)(H2,28,29,30)/t18-/m1/s1. The van der Waals surface area contributed by atoms with Crippen LogP contribution < -0.4 is 16.0 Å².